The maximum absolute atomic E-state index is 12.4. The summed E-state index contributed by atoms with van der Waals surface area (Å²) in [7, 11) is -3.78. The van der Waals surface area contributed by atoms with Gasteiger partial charge in [-0.1, -0.05) is 6.07 Å². The number of aryl methyl sites for hydroxylation is 1. The van der Waals surface area contributed by atoms with Crippen molar-refractivity contribution in [1.29, 1.82) is 0 Å². The summed E-state index contributed by atoms with van der Waals surface area (Å²) in [6.07, 6.45) is 3.14. The fourth-order valence-electron chi connectivity index (χ4n) is 2.28. The molecule has 0 spiro atoms. The van der Waals surface area contributed by atoms with E-state index >= 15 is 0 Å². The van der Waals surface area contributed by atoms with Crippen LogP contribution < -0.4 is 5.14 Å². The van der Waals surface area contributed by atoms with Crippen molar-refractivity contribution in [3.63, 3.8) is 0 Å². The van der Waals surface area contributed by atoms with E-state index in [0.717, 1.165) is 37.9 Å². The number of benzene rings is 1. The highest BCUT2D eigenvalue weighted by Crippen LogP contribution is 2.19. The lowest BCUT2D eigenvalue weighted by atomic mass is 10.1. The molecular formula is C13H18N2O3S. The SMILES string of the molecule is Cc1ccc(S(N)(=O)=O)cc1C(=O)N1CCCCC1. The molecule has 0 radical (unpaired) electrons. The van der Waals surface area contributed by atoms with E-state index in [0.29, 0.717) is 5.56 Å². The Kier molecular flexibility index (Phi) is 3.91. The van der Waals surface area contributed by atoms with Gasteiger partial charge in [0.2, 0.25) is 10.0 Å². The average Bonchev–Trinajstić information content (AvgIpc) is 2.38. The zero-order valence-corrected chi connectivity index (χ0v) is 11.7. The molecule has 1 heterocycles. The molecule has 2 rings (SSSR count). The van der Waals surface area contributed by atoms with Gasteiger partial charge in [0.05, 0.1) is 4.90 Å². The van der Waals surface area contributed by atoms with Gasteiger partial charge < -0.3 is 4.90 Å². The van der Waals surface area contributed by atoms with E-state index in [1.807, 2.05) is 0 Å². The van der Waals surface area contributed by atoms with Gasteiger partial charge in [-0.2, -0.15) is 0 Å². The predicted molar refractivity (Wildman–Crippen MR) is 72.3 cm³/mol. The van der Waals surface area contributed by atoms with Crippen LogP contribution in [0.3, 0.4) is 0 Å². The molecule has 1 aliphatic rings. The van der Waals surface area contributed by atoms with Crippen LogP contribution in [-0.2, 0) is 10.0 Å². The van der Waals surface area contributed by atoms with Crippen LogP contribution in [0.1, 0.15) is 35.2 Å². The zero-order valence-electron chi connectivity index (χ0n) is 10.9. The molecule has 6 heteroatoms. The van der Waals surface area contributed by atoms with Gasteiger partial charge in [-0.3, -0.25) is 4.79 Å². The number of nitrogens with two attached hydrogens (primary N) is 1. The molecule has 1 saturated heterocycles. The molecule has 1 aromatic rings. The minimum atomic E-state index is -3.78. The minimum Gasteiger partial charge on any atom is -0.339 e. The Labute approximate surface area is 113 Å². The third-order valence-electron chi connectivity index (χ3n) is 3.41. The van der Waals surface area contributed by atoms with Crippen LogP contribution in [-0.4, -0.2) is 32.3 Å². The largest absolute Gasteiger partial charge is 0.339 e. The van der Waals surface area contributed by atoms with Crippen molar-refractivity contribution in [1.82, 2.24) is 4.90 Å². The van der Waals surface area contributed by atoms with Crippen molar-refractivity contribution >= 4 is 15.9 Å². The number of likely N-dealkylation sites (tertiary alicyclic amines) is 1. The first-order valence-corrected chi connectivity index (χ1v) is 7.87. The molecule has 0 aromatic heterocycles. The van der Waals surface area contributed by atoms with Gasteiger partial charge in [0, 0.05) is 18.7 Å². The van der Waals surface area contributed by atoms with E-state index in [1.165, 1.54) is 12.1 Å². The molecule has 0 bridgehead atoms. The highest BCUT2D eigenvalue weighted by Gasteiger charge is 2.21. The Bertz CT molecular complexity index is 590. The summed E-state index contributed by atoms with van der Waals surface area (Å²) in [6, 6.07) is 4.43. The second kappa shape index (κ2) is 5.30. The van der Waals surface area contributed by atoms with Gasteiger partial charge in [0.1, 0.15) is 0 Å². The topological polar surface area (TPSA) is 80.5 Å². The number of amides is 1. The molecule has 0 saturated carbocycles. The third kappa shape index (κ3) is 3.13. The van der Waals surface area contributed by atoms with Crippen molar-refractivity contribution in [2.75, 3.05) is 13.1 Å². The van der Waals surface area contributed by atoms with Crippen LogP contribution >= 0.6 is 0 Å². The molecule has 0 aliphatic carbocycles. The second-order valence-electron chi connectivity index (χ2n) is 4.87. The van der Waals surface area contributed by atoms with Crippen LogP contribution in [0.15, 0.2) is 23.1 Å². The molecule has 1 aliphatic heterocycles. The van der Waals surface area contributed by atoms with Gasteiger partial charge in [0.25, 0.3) is 5.91 Å². The van der Waals surface area contributed by atoms with Crippen LogP contribution in [0.4, 0.5) is 0 Å². The molecule has 1 aromatic carbocycles. The number of hydrogen-bond acceptors (Lipinski definition) is 3. The fourth-order valence-corrected chi connectivity index (χ4v) is 2.82. The molecule has 19 heavy (non-hydrogen) atoms. The summed E-state index contributed by atoms with van der Waals surface area (Å²) in [4.78, 5) is 14.2. The lowest BCUT2D eigenvalue weighted by Gasteiger charge is -2.27. The Morgan fingerprint density at radius 3 is 2.42 bits per heavy atom. The summed E-state index contributed by atoms with van der Waals surface area (Å²) in [5.41, 5.74) is 1.19. The van der Waals surface area contributed by atoms with Gasteiger partial charge in [-0.05, 0) is 43.9 Å². The zero-order chi connectivity index (χ0) is 14.0. The van der Waals surface area contributed by atoms with Crippen molar-refractivity contribution in [3.05, 3.63) is 29.3 Å². The molecule has 2 N–H and O–H groups in total. The predicted octanol–water partition coefficient (Wildman–Crippen LogP) is 1.27. The van der Waals surface area contributed by atoms with Crippen molar-refractivity contribution in [2.24, 2.45) is 5.14 Å². The highest BCUT2D eigenvalue weighted by atomic mass is 32.2. The number of hydrogen-bond donors (Lipinski definition) is 1. The van der Waals surface area contributed by atoms with Crippen molar-refractivity contribution in [2.45, 2.75) is 31.1 Å². The first-order chi connectivity index (χ1) is 8.89. The van der Waals surface area contributed by atoms with Crippen LogP contribution in [0, 0.1) is 6.92 Å². The summed E-state index contributed by atoms with van der Waals surface area (Å²) >= 11 is 0. The fraction of sp³-hybridized carbons (Fsp3) is 0.462. The lowest BCUT2D eigenvalue weighted by molar-refractivity contribution is 0.0723. The monoisotopic (exact) mass is 282 g/mol. The van der Waals surface area contributed by atoms with E-state index in [2.05, 4.69) is 0 Å². The van der Waals surface area contributed by atoms with Gasteiger partial charge in [-0.25, -0.2) is 13.6 Å². The number of nitrogens with zero attached hydrogens (tertiary/aromatic N) is 1. The molecule has 104 valence electrons. The first-order valence-electron chi connectivity index (χ1n) is 6.32. The summed E-state index contributed by atoms with van der Waals surface area (Å²) in [6.45, 7) is 3.26. The molecule has 1 amide bonds. The van der Waals surface area contributed by atoms with Gasteiger partial charge >= 0.3 is 0 Å². The van der Waals surface area contributed by atoms with E-state index in [-0.39, 0.29) is 10.8 Å². The molecule has 1 fully saturated rings. The van der Waals surface area contributed by atoms with Crippen LogP contribution in [0.25, 0.3) is 0 Å². The maximum atomic E-state index is 12.4. The molecular weight excluding hydrogens is 264 g/mol. The third-order valence-corrected chi connectivity index (χ3v) is 4.32. The van der Waals surface area contributed by atoms with E-state index in [1.54, 1.807) is 17.9 Å². The summed E-state index contributed by atoms with van der Waals surface area (Å²) in [5, 5.41) is 5.10. The quantitative estimate of drug-likeness (QED) is 0.887. The van der Waals surface area contributed by atoms with Gasteiger partial charge in [0.15, 0.2) is 0 Å². The maximum Gasteiger partial charge on any atom is 0.254 e. The number of sulfonamides is 1. The van der Waals surface area contributed by atoms with Gasteiger partial charge in [-0.15, -0.1) is 0 Å². The molecule has 0 unspecified atom stereocenters. The number of piperidine rings is 1. The Hall–Kier alpha value is -1.40. The van der Waals surface area contributed by atoms with E-state index in [9.17, 15) is 13.2 Å². The highest BCUT2D eigenvalue weighted by molar-refractivity contribution is 7.89. The number of carbonyl (C=O) groups is 1. The second-order valence-corrected chi connectivity index (χ2v) is 6.44. The van der Waals surface area contributed by atoms with E-state index in [4.69, 9.17) is 5.14 Å². The van der Waals surface area contributed by atoms with Crippen LogP contribution in [0.5, 0.6) is 0 Å². The summed E-state index contributed by atoms with van der Waals surface area (Å²) in [5.74, 6) is -0.109. The minimum absolute atomic E-state index is 0.0153. The van der Waals surface area contributed by atoms with Crippen molar-refractivity contribution in [3.8, 4) is 0 Å². The molecule has 5 nitrogen and oxygen atoms in total. The van der Waals surface area contributed by atoms with Crippen molar-refractivity contribution < 1.29 is 13.2 Å². The lowest BCUT2D eigenvalue weighted by Crippen LogP contribution is -2.36. The average molecular weight is 282 g/mol. The number of carbonyl (C=O) groups excluding carboxylic acids is 1. The van der Waals surface area contributed by atoms with E-state index < -0.39 is 10.0 Å². The number of rotatable bonds is 2. The van der Waals surface area contributed by atoms with Crippen LogP contribution in [0.2, 0.25) is 0 Å². The Balaban J connectivity index is 2.35. The Morgan fingerprint density at radius 1 is 1.21 bits per heavy atom. The normalized spacial score (nSPS) is 16.4. The first kappa shape index (κ1) is 14.0. The smallest absolute Gasteiger partial charge is 0.254 e. The standard InChI is InChI=1S/C13H18N2O3S/c1-10-5-6-11(19(14,17)18)9-12(10)13(16)15-7-3-2-4-8-15/h5-6,9H,2-4,7-8H2,1H3,(H2,14,17,18). The molecule has 0 atom stereocenters. The Morgan fingerprint density at radius 2 is 1.84 bits per heavy atom. The summed E-state index contributed by atoms with van der Waals surface area (Å²) < 4.78 is 22.7. The number of primary sulfonamides is 1.